The fourth-order valence-electron chi connectivity index (χ4n) is 3.49. The Balaban J connectivity index is 2.59. The van der Waals surface area contributed by atoms with E-state index in [2.05, 4.69) is 9.84 Å². The van der Waals surface area contributed by atoms with E-state index in [4.69, 9.17) is 4.84 Å². The van der Waals surface area contributed by atoms with Crippen LogP contribution in [-0.4, -0.2) is 53.0 Å². The summed E-state index contributed by atoms with van der Waals surface area (Å²) >= 11 is 0. The van der Waals surface area contributed by atoms with E-state index in [0.717, 1.165) is 14.0 Å². The van der Waals surface area contributed by atoms with Crippen molar-refractivity contribution >= 4 is 33.0 Å². The van der Waals surface area contributed by atoms with Crippen molar-refractivity contribution in [2.24, 2.45) is 7.05 Å². The number of nitrogens with zero attached hydrogens (tertiary/aromatic N) is 5. The first kappa shape index (κ1) is 24.7. The molecule has 0 spiro atoms. The van der Waals surface area contributed by atoms with E-state index in [0.29, 0.717) is 27.8 Å². The lowest BCUT2D eigenvalue weighted by Gasteiger charge is -2.22. The lowest BCUT2D eigenvalue weighted by molar-refractivity contribution is -0.141. The Kier molecular flexibility index (Phi) is 6.38. The largest absolute Gasteiger partial charge is 0.451 e. The molecule has 2 heterocycles. The van der Waals surface area contributed by atoms with E-state index >= 15 is 0 Å². The summed E-state index contributed by atoms with van der Waals surface area (Å²) < 4.78 is 31.1. The van der Waals surface area contributed by atoms with Crippen molar-refractivity contribution in [1.29, 1.82) is 0 Å². The second kappa shape index (κ2) is 8.78. The smallest absolute Gasteiger partial charge is 0.443 e. The third kappa shape index (κ3) is 4.19. The fraction of sp³-hybridized carbons (Fsp3) is 0.350. The summed E-state index contributed by atoms with van der Waals surface area (Å²) in [6, 6.07) is 4.64. The zero-order valence-corrected chi connectivity index (χ0v) is 20.1. The molecular weight excluding hydrogens is 470 g/mol. The number of amides is 1. The molecule has 0 N–H and O–H groups in total. The van der Waals surface area contributed by atoms with Gasteiger partial charge in [0.1, 0.15) is 0 Å². The number of fused-ring (bicyclic) bond motifs is 1. The van der Waals surface area contributed by atoms with Gasteiger partial charge in [-0.3, -0.25) is 9.48 Å². The van der Waals surface area contributed by atoms with Gasteiger partial charge in [-0.05, 0) is 29.7 Å². The minimum absolute atomic E-state index is 0.0501. The molecule has 0 saturated carbocycles. The molecule has 14 heteroatoms. The highest BCUT2D eigenvalue weighted by Gasteiger charge is 2.32. The Morgan fingerprint density at radius 2 is 1.82 bits per heavy atom. The molecule has 3 rings (SSSR count). The summed E-state index contributed by atoms with van der Waals surface area (Å²) in [6.07, 6.45) is 0.657. The molecule has 0 bridgehead atoms. The van der Waals surface area contributed by atoms with Crippen molar-refractivity contribution in [2.75, 3.05) is 17.8 Å². The first-order chi connectivity index (χ1) is 15.8. The minimum atomic E-state index is -4.52. The highest BCUT2D eigenvalue weighted by molar-refractivity contribution is 7.92. The summed E-state index contributed by atoms with van der Waals surface area (Å²) in [4.78, 5) is 55.8. The number of ether oxygens (including phenoxy) is 1. The lowest BCUT2D eigenvalue weighted by Crippen LogP contribution is -2.58. The van der Waals surface area contributed by atoms with E-state index in [1.807, 2.05) is 13.8 Å². The summed E-state index contributed by atoms with van der Waals surface area (Å²) in [5, 5.41) is 3.94. The molecule has 1 aromatic carbocycles. The van der Waals surface area contributed by atoms with E-state index in [-0.39, 0.29) is 25.9 Å². The number of hydrogen-bond acceptors (Lipinski definition) is 9. The van der Waals surface area contributed by atoms with Crippen LogP contribution in [0.1, 0.15) is 32.3 Å². The Bertz CT molecular complexity index is 1530. The standard InChI is InChI=1S/C20H23N5O8S/c1-11(2)13-10-17-15(9-14(13)16-7-8-21-22(16)4)18(27)23(19(28)24(17)33-12(3)26)25(20(29)32-5)34(6,30)31/h7-11H,1-6H3. The Morgan fingerprint density at radius 1 is 1.18 bits per heavy atom. The molecule has 0 aliphatic heterocycles. The van der Waals surface area contributed by atoms with Gasteiger partial charge in [0.25, 0.3) is 15.6 Å². The maximum absolute atomic E-state index is 13.5. The van der Waals surface area contributed by atoms with Crippen LogP contribution >= 0.6 is 0 Å². The van der Waals surface area contributed by atoms with Crippen LogP contribution in [0.2, 0.25) is 0 Å². The Hall–Kier alpha value is -3.94. The second-order valence-corrected chi connectivity index (χ2v) is 9.52. The van der Waals surface area contributed by atoms with Crippen molar-refractivity contribution in [2.45, 2.75) is 26.7 Å². The van der Waals surface area contributed by atoms with Gasteiger partial charge in [0.05, 0.1) is 30.0 Å². The van der Waals surface area contributed by atoms with Gasteiger partial charge in [-0.1, -0.05) is 18.3 Å². The summed E-state index contributed by atoms with van der Waals surface area (Å²) in [6.45, 7) is 4.80. The molecule has 34 heavy (non-hydrogen) atoms. The maximum Gasteiger partial charge on any atom is 0.443 e. The third-order valence-corrected chi connectivity index (χ3v) is 5.87. The van der Waals surface area contributed by atoms with Crippen molar-refractivity contribution in [3.8, 4) is 11.3 Å². The number of carbonyl (C=O) groups is 2. The SMILES string of the molecule is COC(=O)N(n1c(=O)c2cc(-c3ccnn3C)c(C(C)C)cc2n(OC(C)=O)c1=O)S(C)(=O)=O. The van der Waals surface area contributed by atoms with Crippen molar-refractivity contribution < 1.29 is 27.6 Å². The number of sulfonamides is 1. The third-order valence-electron chi connectivity index (χ3n) is 4.93. The fourth-order valence-corrected chi connectivity index (χ4v) is 4.28. The molecule has 0 radical (unpaired) electrons. The molecular formula is C20H23N5O8S. The summed E-state index contributed by atoms with van der Waals surface area (Å²) in [5.74, 6) is -1.01. The molecule has 0 atom stereocenters. The first-order valence-corrected chi connectivity index (χ1v) is 11.8. The molecule has 182 valence electrons. The van der Waals surface area contributed by atoms with Crippen LogP contribution in [0.25, 0.3) is 22.2 Å². The highest BCUT2D eigenvalue weighted by Crippen LogP contribution is 2.31. The van der Waals surface area contributed by atoms with Gasteiger partial charge >= 0.3 is 17.8 Å². The van der Waals surface area contributed by atoms with E-state index < -0.39 is 33.3 Å². The molecule has 3 aromatic rings. The number of aryl methyl sites for hydroxylation is 1. The molecule has 1 amide bonds. The van der Waals surface area contributed by atoms with Gasteiger partial charge in [0.2, 0.25) is 0 Å². The van der Waals surface area contributed by atoms with Gasteiger partial charge < -0.3 is 9.57 Å². The van der Waals surface area contributed by atoms with Gasteiger partial charge in [0.15, 0.2) is 0 Å². The summed E-state index contributed by atoms with van der Waals surface area (Å²) in [7, 11) is -1.94. The Labute approximate surface area is 193 Å². The van der Waals surface area contributed by atoms with Crippen LogP contribution in [0.15, 0.2) is 34.0 Å². The van der Waals surface area contributed by atoms with Crippen LogP contribution in [0.3, 0.4) is 0 Å². The number of methoxy groups -OCH3 is 1. The van der Waals surface area contributed by atoms with Crippen LogP contribution < -0.4 is 20.5 Å². The van der Waals surface area contributed by atoms with Gasteiger partial charge in [-0.15, -0.1) is 9.41 Å². The van der Waals surface area contributed by atoms with Crippen LogP contribution in [0, 0.1) is 0 Å². The van der Waals surface area contributed by atoms with Crippen molar-refractivity contribution in [3.05, 3.63) is 50.8 Å². The highest BCUT2D eigenvalue weighted by atomic mass is 32.2. The molecule has 0 aliphatic rings. The van der Waals surface area contributed by atoms with Gasteiger partial charge in [-0.25, -0.2) is 22.8 Å². The average molecular weight is 493 g/mol. The molecule has 0 unspecified atom stereocenters. The molecule has 13 nitrogen and oxygen atoms in total. The summed E-state index contributed by atoms with van der Waals surface area (Å²) in [5.41, 5.74) is -0.724. The number of benzene rings is 1. The number of carbonyl (C=O) groups excluding carboxylic acids is 2. The monoisotopic (exact) mass is 493 g/mol. The van der Waals surface area contributed by atoms with Gasteiger partial charge in [-0.2, -0.15) is 5.10 Å². The normalized spacial score (nSPS) is 11.6. The van der Waals surface area contributed by atoms with Crippen molar-refractivity contribution in [3.63, 3.8) is 0 Å². The number of aromatic nitrogens is 4. The van der Waals surface area contributed by atoms with Crippen LogP contribution in [0.4, 0.5) is 4.79 Å². The topological polar surface area (TPSA) is 152 Å². The van der Waals surface area contributed by atoms with Crippen LogP contribution in [-0.2, 0) is 26.6 Å². The predicted octanol–water partition coefficient (Wildman–Crippen LogP) is 0.326. The zero-order valence-electron chi connectivity index (χ0n) is 19.3. The quantitative estimate of drug-likeness (QED) is 0.489. The van der Waals surface area contributed by atoms with Crippen LogP contribution in [0.5, 0.6) is 0 Å². The average Bonchev–Trinajstić information content (AvgIpc) is 3.17. The second-order valence-electron chi connectivity index (χ2n) is 7.70. The maximum atomic E-state index is 13.5. The molecule has 0 fully saturated rings. The number of hydrogen-bond donors (Lipinski definition) is 0. The zero-order chi connectivity index (χ0) is 25.5. The number of rotatable bonds is 5. The first-order valence-electron chi connectivity index (χ1n) is 9.91. The Morgan fingerprint density at radius 3 is 2.29 bits per heavy atom. The van der Waals surface area contributed by atoms with Crippen molar-refractivity contribution in [1.82, 2.24) is 19.2 Å². The lowest BCUT2D eigenvalue weighted by atomic mass is 9.93. The van der Waals surface area contributed by atoms with E-state index in [9.17, 15) is 27.6 Å². The van der Waals surface area contributed by atoms with Gasteiger partial charge in [0, 0.05) is 25.7 Å². The molecule has 0 aliphatic carbocycles. The molecule has 2 aromatic heterocycles. The molecule has 0 saturated heterocycles. The minimum Gasteiger partial charge on any atom is -0.451 e. The van der Waals surface area contributed by atoms with E-state index in [1.54, 1.807) is 24.0 Å². The predicted molar refractivity (Wildman–Crippen MR) is 121 cm³/mol. The van der Waals surface area contributed by atoms with E-state index in [1.165, 1.54) is 12.1 Å².